The van der Waals surface area contributed by atoms with Crippen molar-refractivity contribution in [2.24, 2.45) is 5.92 Å². The molecule has 1 aromatic carbocycles. The van der Waals surface area contributed by atoms with E-state index in [1.807, 2.05) is 36.1 Å². The molecular formula is C16H22N2O2. The van der Waals surface area contributed by atoms with Gasteiger partial charge in [-0.25, -0.2) is 0 Å². The van der Waals surface area contributed by atoms with E-state index in [-0.39, 0.29) is 17.7 Å². The van der Waals surface area contributed by atoms with Crippen molar-refractivity contribution in [3.63, 3.8) is 0 Å². The van der Waals surface area contributed by atoms with Crippen LogP contribution >= 0.6 is 0 Å². The highest BCUT2D eigenvalue weighted by Crippen LogP contribution is 2.26. The summed E-state index contributed by atoms with van der Waals surface area (Å²) in [5.41, 5.74) is 1.60. The van der Waals surface area contributed by atoms with Gasteiger partial charge >= 0.3 is 0 Å². The number of rotatable bonds is 4. The Labute approximate surface area is 120 Å². The molecule has 0 fully saturated rings. The van der Waals surface area contributed by atoms with Crippen molar-refractivity contribution in [1.29, 1.82) is 0 Å². The average molecular weight is 274 g/mol. The maximum absolute atomic E-state index is 12.1. The Morgan fingerprint density at radius 1 is 1.30 bits per heavy atom. The lowest BCUT2D eigenvalue weighted by Crippen LogP contribution is -2.44. The van der Waals surface area contributed by atoms with E-state index in [0.717, 1.165) is 11.3 Å². The summed E-state index contributed by atoms with van der Waals surface area (Å²) in [4.78, 5) is 25.9. The molecule has 1 aliphatic rings. The van der Waals surface area contributed by atoms with Crippen LogP contribution in [-0.4, -0.2) is 30.8 Å². The summed E-state index contributed by atoms with van der Waals surface area (Å²) in [6.07, 6.45) is 0.476. The molecule has 1 heterocycles. The lowest BCUT2D eigenvalue weighted by Gasteiger charge is -2.30. The number of anilines is 1. The maximum Gasteiger partial charge on any atom is 0.239 e. The van der Waals surface area contributed by atoms with E-state index in [2.05, 4.69) is 19.2 Å². The third kappa shape index (κ3) is 3.18. The number of hydrogen-bond acceptors (Lipinski definition) is 3. The topological polar surface area (TPSA) is 49.4 Å². The van der Waals surface area contributed by atoms with Crippen molar-refractivity contribution in [3.8, 4) is 0 Å². The largest absolute Gasteiger partial charge is 0.361 e. The highest BCUT2D eigenvalue weighted by molar-refractivity contribution is 6.04. The summed E-state index contributed by atoms with van der Waals surface area (Å²) in [5.74, 6) is 0.581. The molecule has 0 aromatic heterocycles. The third-order valence-electron chi connectivity index (χ3n) is 3.88. The van der Waals surface area contributed by atoms with Crippen LogP contribution in [0, 0.1) is 5.92 Å². The van der Waals surface area contributed by atoms with Gasteiger partial charge in [0.15, 0.2) is 5.78 Å². The number of nitrogens with one attached hydrogen (secondary N) is 1. The molecule has 4 heteroatoms. The molecule has 1 unspecified atom stereocenters. The van der Waals surface area contributed by atoms with Crippen LogP contribution in [-0.2, 0) is 4.79 Å². The molecule has 0 radical (unpaired) electrons. The van der Waals surface area contributed by atoms with Gasteiger partial charge in [0.25, 0.3) is 0 Å². The number of para-hydroxylation sites is 1. The van der Waals surface area contributed by atoms with Crippen LogP contribution in [0.15, 0.2) is 24.3 Å². The Balaban J connectivity index is 2.06. The third-order valence-corrected chi connectivity index (χ3v) is 3.88. The van der Waals surface area contributed by atoms with Crippen LogP contribution in [0.5, 0.6) is 0 Å². The van der Waals surface area contributed by atoms with E-state index in [1.54, 1.807) is 0 Å². The molecule has 1 N–H and O–H groups in total. The summed E-state index contributed by atoms with van der Waals surface area (Å²) in [6, 6.07) is 7.66. The van der Waals surface area contributed by atoms with Crippen LogP contribution in [0.2, 0.25) is 0 Å². The van der Waals surface area contributed by atoms with Gasteiger partial charge in [-0.2, -0.15) is 0 Å². The number of hydrogen-bond donors (Lipinski definition) is 1. The van der Waals surface area contributed by atoms with Gasteiger partial charge in [-0.3, -0.25) is 9.59 Å². The van der Waals surface area contributed by atoms with E-state index in [1.165, 1.54) is 0 Å². The lowest BCUT2D eigenvalue weighted by molar-refractivity contribution is -0.120. The van der Waals surface area contributed by atoms with Gasteiger partial charge < -0.3 is 10.2 Å². The Morgan fingerprint density at radius 2 is 2.00 bits per heavy atom. The minimum atomic E-state index is 0.00959. The molecule has 2 rings (SSSR count). The smallest absolute Gasteiger partial charge is 0.239 e. The summed E-state index contributed by atoms with van der Waals surface area (Å²) in [6.45, 7) is 7.09. The quantitative estimate of drug-likeness (QED) is 0.916. The molecule has 1 atom stereocenters. The van der Waals surface area contributed by atoms with Crippen molar-refractivity contribution in [2.45, 2.75) is 33.2 Å². The summed E-state index contributed by atoms with van der Waals surface area (Å²) in [7, 11) is 0. The van der Waals surface area contributed by atoms with Crippen LogP contribution < -0.4 is 10.2 Å². The zero-order valence-electron chi connectivity index (χ0n) is 12.3. The molecule has 20 heavy (non-hydrogen) atoms. The van der Waals surface area contributed by atoms with E-state index in [4.69, 9.17) is 0 Å². The molecule has 108 valence electrons. The average Bonchev–Trinajstić information content (AvgIpc) is 2.42. The molecule has 0 saturated carbocycles. The van der Waals surface area contributed by atoms with Gasteiger partial charge in [-0.1, -0.05) is 26.0 Å². The minimum Gasteiger partial charge on any atom is -0.361 e. The van der Waals surface area contributed by atoms with Crippen LogP contribution in [0.4, 0.5) is 5.69 Å². The van der Waals surface area contributed by atoms with Gasteiger partial charge in [0.1, 0.15) is 0 Å². The molecule has 1 amide bonds. The summed E-state index contributed by atoms with van der Waals surface area (Å²) in [5, 5.41) is 3.00. The molecule has 0 saturated heterocycles. The highest BCUT2D eigenvalue weighted by Gasteiger charge is 2.24. The van der Waals surface area contributed by atoms with Crippen molar-refractivity contribution in [3.05, 3.63) is 29.8 Å². The monoisotopic (exact) mass is 274 g/mol. The molecule has 0 bridgehead atoms. The number of ketones is 1. The minimum absolute atomic E-state index is 0.00959. The normalized spacial score (nSPS) is 16.0. The fourth-order valence-electron chi connectivity index (χ4n) is 2.28. The molecule has 0 spiro atoms. The van der Waals surface area contributed by atoms with Gasteiger partial charge in [0, 0.05) is 30.3 Å². The second kappa shape index (κ2) is 6.07. The predicted molar refractivity (Wildman–Crippen MR) is 80.0 cm³/mol. The molecule has 1 aromatic rings. The van der Waals surface area contributed by atoms with Gasteiger partial charge in [0.05, 0.1) is 6.54 Å². The predicted octanol–water partition coefficient (Wildman–Crippen LogP) is 2.24. The first-order valence-electron chi connectivity index (χ1n) is 7.15. The summed E-state index contributed by atoms with van der Waals surface area (Å²) >= 11 is 0. The highest BCUT2D eigenvalue weighted by atomic mass is 16.2. The van der Waals surface area contributed by atoms with Gasteiger partial charge in [-0.15, -0.1) is 0 Å². The van der Waals surface area contributed by atoms with Crippen molar-refractivity contribution in [1.82, 2.24) is 5.32 Å². The van der Waals surface area contributed by atoms with E-state index in [0.29, 0.717) is 25.4 Å². The Kier molecular flexibility index (Phi) is 4.42. The number of nitrogens with zero attached hydrogens (tertiary/aromatic N) is 1. The van der Waals surface area contributed by atoms with Gasteiger partial charge in [0.2, 0.25) is 5.91 Å². The fourth-order valence-corrected chi connectivity index (χ4v) is 2.28. The Bertz CT molecular complexity index is 511. The number of benzene rings is 1. The lowest BCUT2D eigenvalue weighted by atomic mass is 10.0. The number of Topliss-reactive ketones (excluding diaryl/α,β-unsaturated/α-hetero) is 1. The van der Waals surface area contributed by atoms with Crippen molar-refractivity contribution in [2.75, 3.05) is 18.0 Å². The number of carbonyl (C=O) groups is 2. The van der Waals surface area contributed by atoms with Crippen molar-refractivity contribution < 1.29 is 9.59 Å². The first-order valence-corrected chi connectivity index (χ1v) is 7.15. The standard InChI is InChI=1S/C16H22N2O2/c1-11(2)12(3)17-16(20)10-18-9-8-15(19)13-6-4-5-7-14(13)18/h4-7,11-12H,8-10H2,1-3H3,(H,17,20). The van der Waals surface area contributed by atoms with Crippen LogP contribution in [0.1, 0.15) is 37.6 Å². The summed E-state index contributed by atoms with van der Waals surface area (Å²) < 4.78 is 0. The maximum atomic E-state index is 12.1. The van der Waals surface area contributed by atoms with Gasteiger partial charge in [-0.05, 0) is 25.0 Å². The van der Waals surface area contributed by atoms with Crippen molar-refractivity contribution >= 4 is 17.4 Å². The van der Waals surface area contributed by atoms with E-state index >= 15 is 0 Å². The van der Waals surface area contributed by atoms with E-state index < -0.39 is 0 Å². The Morgan fingerprint density at radius 3 is 2.70 bits per heavy atom. The zero-order chi connectivity index (χ0) is 14.7. The molecule has 1 aliphatic heterocycles. The van der Waals surface area contributed by atoms with Crippen LogP contribution in [0.3, 0.4) is 0 Å². The molecular weight excluding hydrogens is 252 g/mol. The zero-order valence-corrected chi connectivity index (χ0v) is 12.3. The Hall–Kier alpha value is -1.84. The first kappa shape index (κ1) is 14.6. The number of amides is 1. The molecule has 0 aliphatic carbocycles. The number of carbonyl (C=O) groups excluding carboxylic acids is 2. The second-order valence-corrected chi connectivity index (χ2v) is 5.71. The molecule has 4 nitrogen and oxygen atoms in total. The first-order chi connectivity index (χ1) is 9.49. The fraction of sp³-hybridized carbons (Fsp3) is 0.500. The second-order valence-electron chi connectivity index (χ2n) is 5.71. The number of fused-ring (bicyclic) bond motifs is 1. The SMILES string of the molecule is CC(C)C(C)NC(=O)CN1CCC(=O)c2ccccc21. The van der Waals surface area contributed by atoms with Crippen LogP contribution in [0.25, 0.3) is 0 Å². The van der Waals surface area contributed by atoms with E-state index in [9.17, 15) is 9.59 Å².